The second kappa shape index (κ2) is 6.11. The lowest BCUT2D eigenvalue weighted by atomic mass is 10.1. The van der Waals surface area contributed by atoms with Gasteiger partial charge in [-0.2, -0.15) is 0 Å². The lowest BCUT2D eigenvalue weighted by Crippen LogP contribution is -2.19. The van der Waals surface area contributed by atoms with Crippen LogP contribution in [0.3, 0.4) is 0 Å². The van der Waals surface area contributed by atoms with Crippen molar-refractivity contribution in [1.29, 1.82) is 0 Å². The first kappa shape index (κ1) is 14.6. The van der Waals surface area contributed by atoms with Crippen LogP contribution in [0.1, 0.15) is 34.1 Å². The van der Waals surface area contributed by atoms with E-state index in [0.29, 0.717) is 6.54 Å². The standard InChI is InChI=1S/C14H17N3O2S/c1-9(14-10(2)20-11(3)16-14)15-8-12-4-6-13(7-5-12)17(18)19/h4-7,9,15H,8H2,1-3H3. The highest BCUT2D eigenvalue weighted by Gasteiger charge is 2.12. The molecule has 0 spiro atoms. The number of rotatable bonds is 5. The summed E-state index contributed by atoms with van der Waals surface area (Å²) in [6.07, 6.45) is 0. The lowest BCUT2D eigenvalue weighted by molar-refractivity contribution is -0.384. The summed E-state index contributed by atoms with van der Waals surface area (Å²) < 4.78 is 0. The number of nitrogens with one attached hydrogen (secondary N) is 1. The SMILES string of the molecule is Cc1nc(C(C)NCc2ccc([N+](=O)[O-])cc2)c(C)s1. The van der Waals surface area contributed by atoms with Crippen molar-refractivity contribution in [3.63, 3.8) is 0 Å². The number of non-ortho nitro benzene ring substituents is 1. The van der Waals surface area contributed by atoms with E-state index in [4.69, 9.17) is 0 Å². The molecule has 1 atom stereocenters. The highest BCUT2D eigenvalue weighted by atomic mass is 32.1. The molecule has 0 fully saturated rings. The van der Waals surface area contributed by atoms with Crippen LogP contribution in [0.5, 0.6) is 0 Å². The Hall–Kier alpha value is -1.79. The van der Waals surface area contributed by atoms with Gasteiger partial charge in [0.15, 0.2) is 0 Å². The zero-order valence-electron chi connectivity index (χ0n) is 11.7. The molecule has 0 saturated heterocycles. The monoisotopic (exact) mass is 291 g/mol. The van der Waals surface area contributed by atoms with Crippen molar-refractivity contribution in [2.45, 2.75) is 33.4 Å². The quantitative estimate of drug-likeness (QED) is 0.676. The van der Waals surface area contributed by atoms with Crippen LogP contribution in [0.4, 0.5) is 5.69 Å². The van der Waals surface area contributed by atoms with E-state index in [-0.39, 0.29) is 16.7 Å². The summed E-state index contributed by atoms with van der Waals surface area (Å²) in [6, 6.07) is 6.77. The normalized spacial score (nSPS) is 12.3. The van der Waals surface area contributed by atoms with E-state index in [1.54, 1.807) is 23.5 Å². The Morgan fingerprint density at radius 2 is 2.00 bits per heavy atom. The van der Waals surface area contributed by atoms with E-state index in [9.17, 15) is 10.1 Å². The minimum Gasteiger partial charge on any atom is -0.305 e. The summed E-state index contributed by atoms with van der Waals surface area (Å²) in [4.78, 5) is 16.0. The first-order valence-electron chi connectivity index (χ1n) is 6.38. The van der Waals surface area contributed by atoms with Crippen molar-refractivity contribution in [2.75, 3.05) is 0 Å². The highest BCUT2D eigenvalue weighted by molar-refractivity contribution is 7.11. The summed E-state index contributed by atoms with van der Waals surface area (Å²) in [6.45, 7) is 6.82. The molecule has 0 aliphatic heterocycles. The zero-order valence-corrected chi connectivity index (χ0v) is 12.5. The van der Waals surface area contributed by atoms with Crippen molar-refractivity contribution in [2.24, 2.45) is 0 Å². The number of nitro benzene ring substituents is 1. The average molecular weight is 291 g/mol. The van der Waals surface area contributed by atoms with E-state index in [1.807, 2.05) is 6.92 Å². The van der Waals surface area contributed by atoms with Crippen molar-refractivity contribution in [3.05, 3.63) is 55.5 Å². The third-order valence-corrected chi connectivity index (χ3v) is 4.01. The minimum atomic E-state index is -0.388. The van der Waals surface area contributed by atoms with Crippen molar-refractivity contribution >= 4 is 17.0 Å². The number of aryl methyl sites for hydroxylation is 2. The fourth-order valence-electron chi connectivity index (χ4n) is 2.05. The fraction of sp³-hybridized carbons (Fsp3) is 0.357. The number of hydrogen-bond donors (Lipinski definition) is 1. The molecule has 0 saturated carbocycles. The Labute approximate surface area is 121 Å². The van der Waals surface area contributed by atoms with Gasteiger partial charge in [0.2, 0.25) is 0 Å². The molecule has 1 heterocycles. The van der Waals surface area contributed by atoms with E-state index >= 15 is 0 Å². The smallest absolute Gasteiger partial charge is 0.269 e. The summed E-state index contributed by atoms with van der Waals surface area (Å²) in [5.74, 6) is 0. The first-order valence-corrected chi connectivity index (χ1v) is 7.19. The summed E-state index contributed by atoms with van der Waals surface area (Å²) in [5.41, 5.74) is 2.22. The third kappa shape index (κ3) is 3.40. The van der Waals surface area contributed by atoms with Gasteiger partial charge in [0.25, 0.3) is 5.69 Å². The molecule has 106 valence electrons. The molecule has 2 rings (SSSR count). The predicted molar refractivity (Wildman–Crippen MR) is 79.9 cm³/mol. The topological polar surface area (TPSA) is 68.1 Å². The molecule has 0 aliphatic rings. The van der Waals surface area contributed by atoms with E-state index in [1.165, 1.54) is 17.0 Å². The molecule has 2 aromatic rings. The van der Waals surface area contributed by atoms with Gasteiger partial charge in [0.1, 0.15) is 0 Å². The maximum absolute atomic E-state index is 10.6. The molecule has 1 N–H and O–H groups in total. The second-order valence-corrected chi connectivity index (χ2v) is 6.11. The van der Waals surface area contributed by atoms with Crippen LogP contribution in [0.15, 0.2) is 24.3 Å². The number of nitro groups is 1. The lowest BCUT2D eigenvalue weighted by Gasteiger charge is -2.12. The van der Waals surface area contributed by atoms with Gasteiger partial charge < -0.3 is 5.32 Å². The van der Waals surface area contributed by atoms with E-state index in [2.05, 4.69) is 24.1 Å². The van der Waals surface area contributed by atoms with Gasteiger partial charge >= 0.3 is 0 Å². The van der Waals surface area contributed by atoms with Crippen LogP contribution in [0.2, 0.25) is 0 Å². The predicted octanol–water partition coefficient (Wildman–Crippen LogP) is 3.52. The van der Waals surface area contributed by atoms with Crippen LogP contribution in [-0.2, 0) is 6.54 Å². The van der Waals surface area contributed by atoms with Gasteiger partial charge in [-0.1, -0.05) is 12.1 Å². The largest absolute Gasteiger partial charge is 0.305 e. The molecule has 20 heavy (non-hydrogen) atoms. The highest BCUT2D eigenvalue weighted by Crippen LogP contribution is 2.22. The Bertz CT molecular complexity index is 607. The number of aromatic nitrogens is 1. The molecular weight excluding hydrogens is 274 g/mol. The maximum atomic E-state index is 10.6. The van der Waals surface area contributed by atoms with Crippen LogP contribution in [-0.4, -0.2) is 9.91 Å². The second-order valence-electron chi connectivity index (χ2n) is 4.70. The maximum Gasteiger partial charge on any atom is 0.269 e. The molecule has 1 aromatic carbocycles. The zero-order chi connectivity index (χ0) is 14.7. The summed E-state index contributed by atoms with van der Waals surface area (Å²) in [7, 11) is 0. The third-order valence-electron chi connectivity index (χ3n) is 3.11. The molecule has 0 radical (unpaired) electrons. The van der Waals surface area contributed by atoms with Crippen LogP contribution < -0.4 is 5.32 Å². The van der Waals surface area contributed by atoms with Crippen LogP contribution in [0.25, 0.3) is 0 Å². The van der Waals surface area contributed by atoms with Crippen molar-refractivity contribution in [3.8, 4) is 0 Å². The molecule has 1 aromatic heterocycles. The minimum absolute atomic E-state index is 0.118. The van der Waals surface area contributed by atoms with E-state index in [0.717, 1.165) is 16.3 Å². The van der Waals surface area contributed by atoms with Gasteiger partial charge in [0, 0.05) is 29.6 Å². The van der Waals surface area contributed by atoms with Gasteiger partial charge in [-0.3, -0.25) is 10.1 Å². The number of nitrogens with zero attached hydrogens (tertiary/aromatic N) is 2. The average Bonchev–Trinajstić information content (AvgIpc) is 2.75. The summed E-state index contributed by atoms with van der Waals surface area (Å²) in [5, 5.41) is 15.0. The number of hydrogen-bond acceptors (Lipinski definition) is 5. The Morgan fingerprint density at radius 3 is 2.50 bits per heavy atom. The molecule has 5 nitrogen and oxygen atoms in total. The molecular formula is C14H17N3O2S. The first-order chi connectivity index (χ1) is 9.47. The Kier molecular flexibility index (Phi) is 4.46. The molecule has 6 heteroatoms. The van der Waals surface area contributed by atoms with Crippen molar-refractivity contribution < 1.29 is 4.92 Å². The number of benzene rings is 1. The Balaban J connectivity index is 1.98. The van der Waals surface area contributed by atoms with Crippen LogP contribution in [0, 0.1) is 24.0 Å². The van der Waals surface area contributed by atoms with Gasteiger partial charge in [0.05, 0.1) is 15.6 Å². The van der Waals surface area contributed by atoms with Gasteiger partial charge in [-0.15, -0.1) is 11.3 Å². The Morgan fingerprint density at radius 1 is 1.35 bits per heavy atom. The molecule has 0 aliphatic carbocycles. The number of thiazole rings is 1. The van der Waals surface area contributed by atoms with E-state index < -0.39 is 0 Å². The van der Waals surface area contributed by atoms with Crippen LogP contribution >= 0.6 is 11.3 Å². The fourth-order valence-corrected chi connectivity index (χ4v) is 2.96. The van der Waals surface area contributed by atoms with Gasteiger partial charge in [-0.25, -0.2) is 4.98 Å². The molecule has 0 amide bonds. The molecule has 1 unspecified atom stereocenters. The molecule has 0 bridgehead atoms. The van der Waals surface area contributed by atoms with Crippen molar-refractivity contribution in [1.82, 2.24) is 10.3 Å². The van der Waals surface area contributed by atoms with Gasteiger partial charge in [-0.05, 0) is 26.3 Å². The summed E-state index contributed by atoms with van der Waals surface area (Å²) >= 11 is 1.70.